The molecule has 7 heteroatoms. The number of rotatable bonds is 5. The fourth-order valence-electron chi connectivity index (χ4n) is 2.30. The zero-order valence-electron chi connectivity index (χ0n) is 13.5. The van der Waals surface area contributed by atoms with Crippen LogP contribution in [0.15, 0.2) is 42.7 Å². The van der Waals surface area contributed by atoms with Crippen LogP contribution in [0.3, 0.4) is 0 Å². The van der Waals surface area contributed by atoms with Crippen molar-refractivity contribution in [2.75, 3.05) is 5.32 Å². The normalized spacial score (nSPS) is 10.8. The highest BCUT2D eigenvalue weighted by molar-refractivity contribution is 6.31. The molecule has 1 amide bonds. The Morgan fingerprint density at radius 1 is 1.12 bits per heavy atom. The third-order valence-corrected chi connectivity index (χ3v) is 3.94. The van der Waals surface area contributed by atoms with Crippen LogP contribution >= 0.6 is 11.6 Å². The smallest absolute Gasteiger partial charge is 0.247 e. The van der Waals surface area contributed by atoms with Crippen LogP contribution in [0.25, 0.3) is 0 Å². The van der Waals surface area contributed by atoms with Crippen LogP contribution < -0.4 is 5.32 Å². The number of carbonyl (C=O) groups is 1. The van der Waals surface area contributed by atoms with Gasteiger partial charge in [0, 0.05) is 18.5 Å². The highest BCUT2D eigenvalue weighted by Crippen LogP contribution is 2.12. The van der Waals surface area contributed by atoms with Crippen molar-refractivity contribution in [2.45, 2.75) is 26.9 Å². The lowest BCUT2D eigenvalue weighted by atomic mass is 10.1. The Morgan fingerprint density at radius 3 is 2.54 bits per heavy atom. The first-order valence-corrected chi connectivity index (χ1v) is 7.96. The summed E-state index contributed by atoms with van der Waals surface area (Å²) in [7, 11) is 0. The summed E-state index contributed by atoms with van der Waals surface area (Å²) in [6, 6.07) is 10.0. The van der Waals surface area contributed by atoms with Crippen molar-refractivity contribution in [3.05, 3.63) is 64.6 Å². The van der Waals surface area contributed by atoms with Gasteiger partial charge in [-0.3, -0.25) is 14.2 Å². The number of anilines is 1. The first-order chi connectivity index (χ1) is 11.5. The Morgan fingerprint density at radius 2 is 1.88 bits per heavy atom. The van der Waals surface area contributed by atoms with Gasteiger partial charge in [-0.25, -0.2) is 0 Å². The molecule has 1 N–H and O–H groups in total. The number of benzene rings is 1. The van der Waals surface area contributed by atoms with E-state index in [-0.39, 0.29) is 12.5 Å². The highest BCUT2D eigenvalue weighted by Gasteiger charge is 2.09. The summed E-state index contributed by atoms with van der Waals surface area (Å²) in [4.78, 5) is 12.0. The fourth-order valence-corrected chi connectivity index (χ4v) is 2.45. The summed E-state index contributed by atoms with van der Waals surface area (Å²) in [6.07, 6.45) is 3.47. The topological polar surface area (TPSA) is 64.7 Å². The molecule has 3 aromatic rings. The van der Waals surface area contributed by atoms with Crippen LogP contribution in [0.2, 0.25) is 5.02 Å². The molecule has 0 aliphatic rings. The van der Waals surface area contributed by atoms with Crippen molar-refractivity contribution in [1.82, 2.24) is 19.6 Å². The van der Waals surface area contributed by atoms with Crippen LogP contribution in [-0.4, -0.2) is 25.5 Å². The molecule has 0 aliphatic carbocycles. The molecule has 3 rings (SSSR count). The Balaban J connectivity index is 1.59. The van der Waals surface area contributed by atoms with Gasteiger partial charge in [-0.1, -0.05) is 41.4 Å². The molecule has 0 unspecified atom stereocenters. The number of nitrogens with one attached hydrogen (secondary N) is 1. The molecular weight excluding hydrogens is 326 g/mol. The molecule has 0 spiro atoms. The second-order valence-corrected chi connectivity index (χ2v) is 6.10. The first kappa shape index (κ1) is 16.3. The molecule has 1 aromatic carbocycles. The number of aryl methyl sites for hydroxylation is 2. The quantitative estimate of drug-likeness (QED) is 0.774. The molecule has 0 radical (unpaired) electrons. The van der Waals surface area contributed by atoms with Gasteiger partial charge in [0.15, 0.2) is 5.82 Å². The average Bonchev–Trinajstić information content (AvgIpc) is 3.08. The summed E-state index contributed by atoms with van der Waals surface area (Å²) in [5, 5.41) is 11.8. The highest BCUT2D eigenvalue weighted by atomic mass is 35.5. The third kappa shape index (κ3) is 4.02. The third-order valence-electron chi connectivity index (χ3n) is 3.57. The van der Waals surface area contributed by atoms with Crippen molar-refractivity contribution < 1.29 is 4.79 Å². The van der Waals surface area contributed by atoms with Crippen LogP contribution in [0.4, 0.5) is 5.82 Å². The monoisotopic (exact) mass is 343 g/mol. The van der Waals surface area contributed by atoms with Crippen LogP contribution in [0.5, 0.6) is 0 Å². The van der Waals surface area contributed by atoms with Gasteiger partial charge in [-0.15, -0.1) is 0 Å². The van der Waals surface area contributed by atoms with E-state index in [1.54, 1.807) is 23.9 Å². The minimum atomic E-state index is -0.199. The van der Waals surface area contributed by atoms with Gasteiger partial charge in [-0.05, 0) is 19.4 Å². The zero-order valence-corrected chi connectivity index (χ0v) is 14.3. The van der Waals surface area contributed by atoms with Gasteiger partial charge in [0.1, 0.15) is 6.54 Å². The lowest BCUT2D eigenvalue weighted by Crippen LogP contribution is -2.19. The second kappa shape index (κ2) is 6.88. The zero-order chi connectivity index (χ0) is 17.1. The average molecular weight is 344 g/mol. The van der Waals surface area contributed by atoms with Crippen molar-refractivity contribution >= 4 is 23.3 Å². The standard InChI is InChI=1S/C17H18ClN5O/c1-12-3-5-14(6-4-12)9-22-8-7-16(21-22)19-17(24)11-23-10-15(18)13(2)20-23/h3-8,10H,9,11H2,1-2H3,(H,19,21,24). The minimum absolute atomic E-state index is 0.0956. The van der Waals surface area contributed by atoms with E-state index < -0.39 is 0 Å². The molecule has 0 atom stereocenters. The van der Waals surface area contributed by atoms with Crippen molar-refractivity contribution in [1.29, 1.82) is 0 Å². The van der Waals surface area contributed by atoms with E-state index in [0.29, 0.717) is 23.1 Å². The van der Waals surface area contributed by atoms with Crippen molar-refractivity contribution in [3.63, 3.8) is 0 Å². The molecule has 2 heterocycles. The number of carbonyl (C=O) groups excluding carboxylic acids is 1. The van der Waals surface area contributed by atoms with Gasteiger partial charge in [0.25, 0.3) is 0 Å². The minimum Gasteiger partial charge on any atom is -0.308 e. The maximum Gasteiger partial charge on any atom is 0.247 e. The second-order valence-electron chi connectivity index (χ2n) is 5.69. The predicted octanol–water partition coefficient (Wildman–Crippen LogP) is 3.04. The molecule has 24 heavy (non-hydrogen) atoms. The predicted molar refractivity (Wildman–Crippen MR) is 93.1 cm³/mol. The maximum absolute atomic E-state index is 12.0. The first-order valence-electron chi connectivity index (χ1n) is 7.58. The van der Waals surface area contributed by atoms with Gasteiger partial charge >= 0.3 is 0 Å². The molecule has 6 nitrogen and oxygen atoms in total. The number of aromatic nitrogens is 4. The van der Waals surface area contributed by atoms with Crippen molar-refractivity contribution in [3.8, 4) is 0 Å². The van der Waals surface area contributed by atoms with Crippen LogP contribution in [0, 0.1) is 13.8 Å². The van der Waals surface area contributed by atoms with E-state index in [4.69, 9.17) is 11.6 Å². The molecule has 0 saturated heterocycles. The van der Waals surface area contributed by atoms with E-state index in [0.717, 1.165) is 5.56 Å². The Labute approximate surface area is 145 Å². The van der Waals surface area contributed by atoms with Gasteiger partial charge in [0.2, 0.25) is 5.91 Å². The maximum atomic E-state index is 12.0. The number of amides is 1. The number of hydrogen-bond donors (Lipinski definition) is 1. The molecule has 124 valence electrons. The van der Waals surface area contributed by atoms with E-state index in [9.17, 15) is 4.79 Å². The van der Waals surface area contributed by atoms with Gasteiger partial charge in [-0.2, -0.15) is 10.2 Å². The number of nitrogens with zero attached hydrogens (tertiary/aromatic N) is 4. The van der Waals surface area contributed by atoms with E-state index in [1.807, 2.05) is 6.20 Å². The van der Waals surface area contributed by atoms with Crippen LogP contribution in [0.1, 0.15) is 16.8 Å². The van der Waals surface area contributed by atoms with Crippen LogP contribution in [-0.2, 0) is 17.9 Å². The Kier molecular flexibility index (Phi) is 4.66. The lowest BCUT2D eigenvalue weighted by molar-refractivity contribution is -0.116. The Hall–Kier alpha value is -2.60. The largest absolute Gasteiger partial charge is 0.308 e. The Bertz CT molecular complexity index is 831. The molecule has 0 saturated carbocycles. The van der Waals surface area contributed by atoms with Crippen molar-refractivity contribution in [2.24, 2.45) is 0 Å². The molecular formula is C17H18ClN5O. The van der Waals surface area contributed by atoms with E-state index >= 15 is 0 Å². The fraction of sp³-hybridized carbons (Fsp3) is 0.235. The van der Waals surface area contributed by atoms with Gasteiger partial charge in [0.05, 0.1) is 17.3 Å². The SMILES string of the molecule is Cc1ccc(Cn2ccc(NC(=O)Cn3cc(Cl)c(C)n3)n2)cc1. The molecule has 0 bridgehead atoms. The molecule has 2 aromatic heterocycles. The lowest BCUT2D eigenvalue weighted by Gasteiger charge is -2.04. The van der Waals surface area contributed by atoms with E-state index in [1.165, 1.54) is 10.2 Å². The molecule has 0 fully saturated rings. The van der Waals surface area contributed by atoms with Gasteiger partial charge < -0.3 is 5.32 Å². The summed E-state index contributed by atoms with van der Waals surface area (Å²) in [5.74, 6) is 0.317. The van der Waals surface area contributed by atoms with E-state index in [2.05, 4.69) is 46.7 Å². The summed E-state index contributed by atoms with van der Waals surface area (Å²) < 4.78 is 3.30. The summed E-state index contributed by atoms with van der Waals surface area (Å²) in [5.41, 5.74) is 3.08. The summed E-state index contributed by atoms with van der Waals surface area (Å²) >= 11 is 5.93. The molecule has 0 aliphatic heterocycles. The number of halogens is 1. The summed E-state index contributed by atoms with van der Waals surface area (Å²) in [6.45, 7) is 4.60. The number of hydrogen-bond acceptors (Lipinski definition) is 3.